The first-order valence-electron chi connectivity index (χ1n) is 19.7. The molecule has 6 atom stereocenters. The third-order valence-electron chi connectivity index (χ3n) is 14.9. The van der Waals surface area contributed by atoms with E-state index in [0.717, 1.165) is 23.7 Å². The van der Waals surface area contributed by atoms with Crippen LogP contribution in [0.15, 0.2) is 152 Å². The molecule has 6 unspecified atom stereocenters. The number of anilines is 3. The highest BCUT2D eigenvalue weighted by molar-refractivity contribution is 7.25. The molecule has 2 heteroatoms. The van der Waals surface area contributed by atoms with Gasteiger partial charge in [-0.25, -0.2) is 0 Å². The number of hydrogen-bond acceptors (Lipinski definition) is 2. The minimum Gasteiger partial charge on any atom is -0.310 e. The molecule has 0 aliphatic heterocycles. The van der Waals surface area contributed by atoms with E-state index in [-0.39, 0.29) is 5.41 Å². The minimum atomic E-state index is 0.150. The SMILES string of the molecule is c1ccc2c(c1)-c1c(N(c3ccc(-c4ccc5sc6ccccc6c5c4)cc3)c3ccc4ccccc4c3)cccc1C21C2CC3CC4CC1C4(C3)C2. The summed E-state index contributed by atoms with van der Waals surface area (Å²) in [6.45, 7) is 0. The van der Waals surface area contributed by atoms with E-state index in [0.29, 0.717) is 5.41 Å². The minimum absolute atomic E-state index is 0.150. The van der Waals surface area contributed by atoms with Crippen molar-refractivity contribution in [3.05, 3.63) is 163 Å². The van der Waals surface area contributed by atoms with E-state index in [9.17, 15) is 0 Å². The van der Waals surface area contributed by atoms with Gasteiger partial charge in [0.05, 0.1) is 5.69 Å². The summed E-state index contributed by atoms with van der Waals surface area (Å²) < 4.78 is 2.70. The van der Waals surface area contributed by atoms with Gasteiger partial charge in [-0.2, -0.15) is 0 Å². The fraction of sp³-hybridized carbons (Fsp3) is 0.216. The van der Waals surface area contributed by atoms with E-state index in [1.54, 1.807) is 11.1 Å². The van der Waals surface area contributed by atoms with Crippen LogP contribution in [0.5, 0.6) is 0 Å². The number of nitrogens with zero attached hydrogens (tertiary/aromatic N) is 1. The molecule has 3 bridgehead atoms. The Balaban J connectivity index is 1.00. The second-order valence-corrected chi connectivity index (χ2v) is 18.1. The quantitative estimate of drug-likeness (QED) is 0.177. The number of benzene rings is 7. The molecular weight excluding hydrogens is 659 g/mol. The van der Waals surface area contributed by atoms with Gasteiger partial charge in [0.1, 0.15) is 0 Å². The molecule has 1 nitrogen and oxygen atoms in total. The highest BCUT2D eigenvalue weighted by atomic mass is 32.1. The number of hydrogen-bond donors (Lipinski definition) is 0. The van der Waals surface area contributed by atoms with Crippen molar-refractivity contribution in [2.45, 2.75) is 37.5 Å². The maximum Gasteiger partial charge on any atom is 0.0543 e. The van der Waals surface area contributed by atoms with Crippen LogP contribution in [0.25, 0.3) is 53.2 Å². The summed E-state index contributed by atoms with van der Waals surface area (Å²) in [5.41, 5.74) is 13.2. The summed E-state index contributed by atoms with van der Waals surface area (Å²) in [5, 5.41) is 5.24. The number of thiophene rings is 1. The third kappa shape index (κ3) is 3.68. The Morgan fingerprint density at radius 3 is 2.23 bits per heavy atom. The maximum atomic E-state index is 2.57. The van der Waals surface area contributed by atoms with Gasteiger partial charge in [-0.3, -0.25) is 0 Å². The Kier molecular flexibility index (Phi) is 5.68. The summed E-state index contributed by atoms with van der Waals surface area (Å²) in [6.07, 6.45) is 7.27. The van der Waals surface area contributed by atoms with Gasteiger partial charge in [0.2, 0.25) is 0 Å². The molecule has 1 aromatic heterocycles. The van der Waals surface area contributed by atoms with Crippen molar-refractivity contribution in [2.24, 2.45) is 29.1 Å². The first kappa shape index (κ1) is 29.3. The van der Waals surface area contributed by atoms with Crippen molar-refractivity contribution in [1.29, 1.82) is 0 Å². The molecule has 0 N–H and O–H groups in total. The Morgan fingerprint density at radius 2 is 1.28 bits per heavy atom. The molecule has 5 aliphatic rings. The summed E-state index contributed by atoms with van der Waals surface area (Å²) in [4.78, 5) is 2.57. The Hall–Kier alpha value is -5.18. The lowest BCUT2D eigenvalue weighted by Gasteiger charge is -2.54. The average molecular weight is 698 g/mol. The second-order valence-electron chi connectivity index (χ2n) is 17.0. The second kappa shape index (κ2) is 10.3. The molecule has 0 radical (unpaired) electrons. The van der Waals surface area contributed by atoms with Gasteiger partial charge in [-0.15, -0.1) is 11.3 Å². The van der Waals surface area contributed by atoms with Gasteiger partial charge in [0, 0.05) is 42.5 Å². The van der Waals surface area contributed by atoms with Gasteiger partial charge in [-0.05, 0) is 148 Å². The first-order chi connectivity index (χ1) is 26.2. The molecule has 254 valence electrons. The van der Waals surface area contributed by atoms with Crippen LogP contribution in [-0.4, -0.2) is 0 Å². The van der Waals surface area contributed by atoms with Crippen molar-refractivity contribution in [3.8, 4) is 22.3 Å². The largest absolute Gasteiger partial charge is 0.310 e. The van der Waals surface area contributed by atoms with E-state index < -0.39 is 0 Å². The fourth-order valence-corrected chi connectivity index (χ4v) is 14.2. The smallest absolute Gasteiger partial charge is 0.0543 e. The van der Waals surface area contributed by atoms with Crippen LogP contribution < -0.4 is 4.90 Å². The van der Waals surface area contributed by atoms with Crippen LogP contribution in [0.3, 0.4) is 0 Å². The Morgan fingerprint density at radius 1 is 0.528 bits per heavy atom. The predicted molar refractivity (Wildman–Crippen MR) is 223 cm³/mol. The molecule has 0 amide bonds. The van der Waals surface area contributed by atoms with Gasteiger partial charge in [0.15, 0.2) is 0 Å². The van der Waals surface area contributed by atoms with Crippen LogP contribution in [0.4, 0.5) is 17.1 Å². The lowest BCUT2D eigenvalue weighted by Crippen LogP contribution is -2.50. The Bertz CT molecular complexity index is 2830. The van der Waals surface area contributed by atoms with Crippen LogP contribution in [-0.2, 0) is 5.41 Å². The van der Waals surface area contributed by atoms with E-state index in [2.05, 4.69) is 157 Å². The van der Waals surface area contributed by atoms with Crippen molar-refractivity contribution < 1.29 is 0 Å². The zero-order chi connectivity index (χ0) is 34.5. The van der Waals surface area contributed by atoms with E-state index >= 15 is 0 Å². The topological polar surface area (TPSA) is 3.24 Å². The van der Waals surface area contributed by atoms with Crippen molar-refractivity contribution >= 4 is 59.3 Å². The van der Waals surface area contributed by atoms with E-state index in [1.165, 1.54) is 102 Å². The summed E-state index contributed by atoms with van der Waals surface area (Å²) in [7, 11) is 0. The normalized spacial score (nSPS) is 27.0. The molecule has 7 aromatic carbocycles. The van der Waals surface area contributed by atoms with Crippen LogP contribution in [0.2, 0.25) is 0 Å². The summed E-state index contributed by atoms with van der Waals surface area (Å²) >= 11 is 1.88. The molecule has 0 saturated heterocycles. The first-order valence-corrected chi connectivity index (χ1v) is 20.5. The van der Waals surface area contributed by atoms with E-state index in [4.69, 9.17) is 0 Å². The lowest BCUT2D eigenvalue weighted by atomic mass is 9.49. The monoisotopic (exact) mass is 697 g/mol. The molecule has 4 saturated carbocycles. The zero-order valence-electron chi connectivity index (χ0n) is 29.6. The highest BCUT2D eigenvalue weighted by Gasteiger charge is 2.77. The van der Waals surface area contributed by atoms with Crippen LogP contribution in [0, 0.1) is 29.1 Å². The third-order valence-corrected chi connectivity index (χ3v) is 16.1. The summed E-state index contributed by atoms with van der Waals surface area (Å²) in [6, 6.07) is 57.9. The Labute approximate surface area is 314 Å². The van der Waals surface area contributed by atoms with Crippen molar-refractivity contribution in [3.63, 3.8) is 0 Å². The van der Waals surface area contributed by atoms with E-state index in [1.807, 2.05) is 11.3 Å². The van der Waals surface area contributed by atoms with Gasteiger partial charge < -0.3 is 4.90 Å². The molecule has 53 heavy (non-hydrogen) atoms. The molecule has 4 fully saturated rings. The maximum absolute atomic E-state index is 2.57. The average Bonchev–Trinajstić information content (AvgIpc) is 3.83. The molecule has 1 heterocycles. The fourth-order valence-electron chi connectivity index (χ4n) is 13.2. The van der Waals surface area contributed by atoms with Gasteiger partial charge >= 0.3 is 0 Å². The van der Waals surface area contributed by atoms with Crippen LogP contribution in [0.1, 0.15) is 43.2 Å². The molecule has 13 rings (SSSR count). The van der Waals surface area contributed by atoms with Crippen molar-refractivity contribution in [2.75, 3.05) is 4.90 Å². The number of fused-ring (bicyclic) bond motifs is 13. The van der Waals surface area contributed by atoms with Gasteiger partial charge in [0.25, 0.3) is 0 Å². The molecule has 5 aliphatic carbocycles. The molecule has 2 spiro atoms. The molecular formula is C51H39NS. The summed E-state index contributed by atoms with van der Waals surface area (Å²) in [5.74, 6) is 3.44. The predicted octanol–water partition coefficient (Wildman–Crippen LogP) is 14.1. The lowest BCUT2D eigenvalue weighted by molar-refractivity contribution is -0.0193. The van der Waals surface area contributed by atoms with Gasteiger partial charge in [-0.1, -0.05) is 103 Å². The van der Waals surface area contributed by atoms with Crippen molar-refractivity contribution in [1.82, 2.24) is 0 Å². The standard InChI is InChI=1S/C51H39NS/c1-2-9-34-26-39(22-18-32(34)8-1)52(38-20-16-33(17-21-38)35-19-23-47-42(27-35)40-10-4-6-15-46(40)53-47)45-14-7-13-44-49(45)41-11-3-5-12-43(41)51(44)37-25-31-24-36-28-48(51)50(36,29-31)30-37/h1-23,26-27,31,36-37,48H,24-25,28-30H2. The van der Waals surface area contributed by atoms with Crippen LogP contribution >= 0.6 is 11.3 Å². The highest BCUT2D eigenvalue weighted by Crippen LogP contribution is 2.83. The zero-order valence-corrected chi connectivity index (χ0v) is 30.5. The number of rotatable bonds is 4. The molecule has 8 aromatic rings.